The van der Waals surface area contributed by atoms with E-state index in [0.29, 0.717) is 25.7 Å². The molecule has 0 fully saturated rings. The van der Waals surface area contributed by atoms with Crippen molar-refractivity contribution in [1.29, 1.82) is 0 Å². The monoisotopic (exact) mass is 576 g/mol. The Morgan fingerprint density at radius 1 is 0.868 bits per heavy atom. The molecule has 0 amide bonds. The summed E-state index contributed by atoms with van der Waals surface area (Å²) in [4.78, 5) is 11.6. The maximum absolute atomic E-state index is 11.6. The van der Waals surface area contributed by atoms with Crippen molar-refractivity contribution in [3.8, 4) is 23.3 Å². The lowest BCUT2D eigenvalue weighted by atomic mass is 10.1. The average Bonchev–Trinajstić information content (AvgIpc) is 2.72. The summed E-state index contributed by atoms with van der Waals surface area (Å²) in [6.45, 7) is 29.3. The van der Waals surface area contributed by atoms with Crippen molar-refractivity contribution in [1.82, 2.24) is 0 Å². The summed E-state index contributed by atoms with van der Waals surface area (Å²) >= 11 is 0. The van der Waals surface area contributed by atoms with Crippen LogP contribution in [0.25, 0.3) is 0 Å². The van der Waals surface area contributed by atoms with E-state index in [0.717, 1.165) is 0 Å². The van der Waals surface area contributed by atoms with Gasteiger partial charge in [0.25, 0.3) is 0 Å². The lowest BCUT2D eigenvalue weighted by Gasteiger charge is -2.38. The third-order valence-electron chi connectivity index (χ3n) is 7.20. The Bertz CT molecular complexity index is 921. The number of hydrogen-bond donors (Lipinski definition) is 0. The molecule has 0 heterocycles. The molecule has 216 valence electrons. The van der Waals surface area contributed by atoms with E-state index in [-0.39, 0.29) is 28.3 Å². The first-order valence-corrected chi connectivity index (χ1v) is 23.2. The van der Waals surface area contributed by atoms with Crippen LogP contribution in [0.1, 0.15) is 67.2 Å². The first kappa shape index (κ1) is 36.6. The second kappa shape index (κ2) is 15.4. The maximum Gasteiger partial charge on any atom is 0.305 e. The minimum Gasteiger partial charge on any atom is -0.469 e. The van der Waals surface area contributed by atoms with Crippen molar-refractivity contribution in [3.63, 3.8) is 0 Å². The zero-order valence-electron chi connectivity index (χ0n) is 26.9. The van der Waals surface area contributed by atoms with Gasteiger partial charge < -0.3 is 13.6 Å². The van der Waals surface area contributed by atoms with Gasteiger partial charge in [-0.3, -0.25) is 4.79 Å². The van der Waals surface area contributed by atoms with Gasteiger partial charge in [0.1, 0.15) is 14.2 Å². The lowest BCUT2D eigenvalue weighted by molar-refractivity contribution is -0.140. The van der Waals surface area contributed by atoms with Gasteiger partial charge in [0.2, 0.25) is 0 Å². The molecule has 2 atom stereocenters. The van der Waals surface area contributed by atoms with E-state index < -0.39 is 24.7 Å². The van der Waals surface area contributed by atoms with Crippen molar-refractivity contribution in [2.24, 2.45) is 0 Å². The van der Waals surface area contributed by atoms with Gasteiger partial charge in [0.15, 0.2) is 16.6 Å². The number of esters is 1. The number of carbonyl (C=O) groups is 1. The van der Waals surface area contributed by atoms with Gasteiger partial charge in [-0.1, -0.05) is 91.3 Å². The summed E-state index contributed by atoms with van der Waals surface area (Å²) < 4.78 is 18.0. The zero-order chi connectivity index (χ0) is 29.8. The molecule has 0 N–H and O–H groups in total. The van der Waals surface area contributed by atoms with Gasteiger partial charge in [-0.25, -0.2) is 0 Å². The summed E-state index contributed by atoms with van der Waals surface area (Å²) in [5, 5.41) is 0.227. The molecule has 7 heteroatoms. The standard InChI is InChI=1S/C31H56O4Si3/c1-30(2,3)37(11,12)34-27(23-19-25-29(32)33-7)21-17-15-16-18-22-28(24-20-26-36(8,9)10)35-38(13,14)31(4,5)6/h15-16,18,22,27-28H,19,23-25H2,1-14H3/t27-,28+/m1/s1. The fourth-order valence-corrected chi connectivity index (χ4v) is 5.93. The molecule has 0 saturated carbocycles. The first-order chi connectivity index (χ1) is 17.1. The maximum atomic E-state index is 11.6. The second-order valence-corrected chi connectivity index (χ2v) is 28.3. The third-order valence-corrected chi connectivity index (χ3v) is 17.1. The van der Waals surface area contributed by atoms with Gasteiger partial charge in [0.05, 0.1) is 13.2 Å². The Morgan fingerprint density at radius 2 is 1.42 bits per heavy atom. The van der Waals surface area contributed by atoms with Crippen LogP contribution in [0.15, 0.2) is 24.3 Å². The van der Waals surface area contributed by atoms with Gasteiger partial charge in [-0.05, 0) is 55.2 Å². The Labute approximate surface area is 238 Å². The molecule has 0 unspecified atom stereocenters. The molecule has 0 aromatic rings. The smallest absolute Gasteiger partial charge is 0.305 e. The van der Waals surface area contributed by atoms with E-state index >= 15 is 0 Å². The van der Waals surface area contributed by atoms with Crippen LogP contribution < -0.4 is 0 Å². The van der Waals surface area contributed by atoms with Gasteiger partial charge >= 0.3 is 5.97 Å². The molecule has 0 aromatic heterocycles. The molecule has 0 aromatic carbocycles. The fraction of sp³-hybridized carbons (Fsp3) is 0.710. The van der Waals surface area contributed by atoms with E-state index in [1.807, 2.05) is 18.2 Å². The van der Waals surface area contributed by atoms with E-state index in [9.17, 15) is 4.79 Å². The summed E-state index contributed by atoms with van der Waals surface area (Å²) in [5.41, 5.74) is 3.47. The highest BCUT2D eigenvalue weighted by Gasteiger charge is 2.39. The Balaban J connectivity index is 5.60. The van der Waals surface area contributed by atoms with Crippen molar-refractivity contribution in [2.45, 2.75) is 135 Å². The van der Waals surface area contributed by atoms with Gasteiger partial charge in [0, 0.05) is 12.8 Å². The van der Waals surface area contributed by atoms with Crippen LogP contribution in [0.3, 0.4) is 0 Å². The second-order valence-electron chi connectivity index (χ2n) is 14.0. The number of allylic oxidation sites excluding steroid dienone is 3. The molecule has 38 heavy (non-hydrogen) atoms. The van der Waals surface area contributed by atoms with Crippen LogP contribution in [0.2, 0.25) is 55.9 Å². The third kappa shape index (κ3) is 15.3. The molecule has 0 spiro atoms. The molecule has 0 aliphatic heterocycles. The summed E-state index contributed by atoms with van der Waals surface area (Å²) in [6.07, 6.45) is 10.2. The van der Waals surface area contributed by atoms with Crippen LogP contribution in [0.5, 0.6) is 0 Å². The molecular weight excluding hydrogens is 521 g/mol. The predicted octanol–water partition coefficient (Wildman–Crippen LogP) is 8.50. The number of rotatable bonds is 11. The van der Waals surface area contributed by atoms with Crippen LogP contribution in [-0.2, 0) is 18.4 Å². The summed E-state index contributed by atoms with van der Waals surface area (Å²) in [6, 6.07) is 0. The largest absolute Gasteiger partial charge is 0.469 e. The Morgan fingerprint density at radius 3 is 1.92 bits per heavy atom. The van der Waals surface area contributed by atoms with E-state index in [2.05, 4.69) is 117 Å². The minimum absolute atomic E-state index is 0.0367. The van der Waals surface area contributed by atoms with Crippen molar-refractivity contribution in [2.75, 3.05) is 7.11 Å². The predicted molar refractivity (Wildman–Crippen MR) is 172 cm³/mol. The van der Waals surface area contributed by atoms with Crippen molar-refractivity contribution >= 4 is 30.7 Å². The molecular formula is C31H56O4Si3. The minimum atomic E-state index is -1.99. The number of ether oxygens (including phenoxy) is 1. The Kier molecular flexibility index (Phi) is 14.9. The highest BCUT2D eigenvalue weighted by Crippen LogP contribution is 2.38. The van der Waals surface area contributed by atoms with Crippen LogP contribution >= 0.6 is 0 Å². The zero-order valence-corrected chi connectivity index (χ0v) is 29.9. The summed E-state index contributed by atoms with van der Waals surface area (Å²) in [7, 11) is -3.91. The van der Waals surface area contributed by atoms with Gasteiger partial charge in [-0.2, -0.15) is 0 Å². The highest BCUT2D eigenvalue weighted by atomic mass is 28.4. The number of hydrogen-bond acceptors (Lipinski definition) is 4. The van der Waals surface area contributed by atoms with Crippen LogP contribution in [-0.4, -0.2) is 50.0 Å². The SMILES string of the molecule is COC(=O)CCC[C@@H](C#CC=CC=C[C@@H](CC#C[Si](C)(C)C)O[Si](C)(C)C(C)(C)C)O[Si](C)(C)C(C)(C)C. The van der Waals surface area contributed by atoms with E-state index in [1.165, 1.54) is 7.11 Å². The normalized spacial score (nSPS) is 15.0. The average molecular weight is 577 g/mol. The molecule has 0 rings (SSSR count). The lowest BCUT2D eigenvalue weighted by Crippen LogP contribution is -2.43. The van der Waals surface area contributed by atoms with Crippen LogP contribution in [0, 0.1) is 23.3 Å². The molecule has 0 bridgehead atoms. The highest BCUT2D eigenvalue weighted by molar-refractivity contribution is 6.83. The van der Waals surface area contributed by atoms with Crippen LogP contribution in [0.4, 0.5) is 0 Å². The first-order valence-electron chi connectivity index (χ1n) is 13.9. The van der Waals surface area contributed by atoms with Gasteiger partial charge in [-0.15, -0.1) is 11.5 Å². The molecule has 4 nitrogen and oxygen atoms in total. The molecule has 0 radical (unpaired) electrons. The fourth-order valence-electron chi connectivity index (χ4n) is 2.78. The molecule has 0 saturated heterocycles. The van der Waals surface area contributed by atoms with Crippen molar-refractivity contribution in [3.05, 3.63) is 24.3 Å². The summed E-state index contributed by atoms with van der Waals surface area (Å²) in [5.74, 6) is 9.65. The molecule has 0 aliphatic carbocycles. The number of methoxy groups -OCH3 is 1. The van der Waals surface area contributed by atoms with E-state index in [1.54, 1.807) is 0 Å². The molecule has 0 aliphatic rings. The quantitative estimate of drug-likeness (QED) is 0.107. The Hall–Kier alpha value is -1.36. The van der Waals surface area contributed by atoms with E-state index in [4.69, 9.17) is 13.6 Å². The topological polar surface area (TPSA) is 44.8 Å². The van der Waals surface area contributed by atoms with Crippen molar-refractivity contribution < 1.29 is 18.4 Å². The number of carbonyl (C=O) groups excluding carboxylic acids is 1.